The maximum absolute atomic E-state index is 12.8. The molecule has 5 nitrogen and oxygen atoms in total. The van der Waals surface area contributed by atoms with Crippen LogP contribution in [0.2, 0.25) is 5.02 Å². The third-order valence-corrected chi connectivity index (χ3v) is 4.53. The Kier molecular flexibility index (Phi) is 6.86. The van der Waals surface area contributed by atoms with E-state index in [1.807, 2.05) is 13.0 Å². The zero-order chi connectivity index (χ0) is 19.3. The zero-order valence-electron chi connectivity index (χ0n) is 15.5. The molecule has 1 atom stereocenters. The van der Waals surface area contributed by atoms with E-state index in [9.17, 15) is 9.59 Å². The minimum atomic E-state index is -0.600. The van der Waals surface area contributed by atoms with Gasteiger partial charge in [0.25, 0.3) is 0 Å². The van der Waals surface area contributed by atoms with E-state index in [1.165, 1.54) is 7.11 Å². The number of hydrogen-bond acceptors (Lipinski definition) is 5. The number of methoxy groups -OCH3 is 1. The first-order valence-electron chi connectivity index (χ1n) is 8.60. The lowest BCUT2D eigenvalue weighted by Crippen LogP contribution is -2.32. The number of rotatable bonds is 6. The van der Waals surface area contributed by atoms with Crippen LogP contribution < -0.4 is 5.32 Å². The number of ether oxygens (including phenoxy) is 2. The molecule has 26 heavy (non-hydrogen) atoms. The van der Waals surface area contributed by atoms with Gasteiger partial charge in [0.05, 0.1) is 30.8 Å². The van der Waals surface area contributed by atoms with Crippen LogP contribution in [-0.2, 0) is 19.1 Å². The Hall–Kier alpha value is -2.27. The lowest BCUT2D eigenvalue weighted by Gasteiger charge is -2.30. The van der Waals surface area contributed by atoms with Crippen molar-refractivity contribution in [3.63, 3.8) is 0 Å². The molecule has 140 valence electrons. The SMILES string of the molecule is CCCCOC(=O)C1=C(C)NC(C)=C(C(=O)OC)C1c1cccc(Cl)c1. The third kappa shape index (κ3) is 4.28. The maximum Gasteiger partial charge on any atom is 0.336 e. The van der Waals surface area contributed by atoms with Gasteiger partial charge in [0.15, 0.2) is 0 Å². The third-order valence-electron chi connectivity index (χ3n) is 4.30. The normalized spacial score (nSPS) is 17.0. The van der Waals surface area contributed by atoms with E-state index in [-0.39, 0.29) is 0 Å². The van der Waals surface area contributed by atoms with E-state index in [0.29, 0.717) is 34.2 Å². The van der Waals surface area contributed by atoms with Crippen molar-refractivity contribution in [3.05, 3.63) is 57.4 Å². The number of unbranched alkanes of at least 4 members (excludes halogenated alkanes) is 1. The van der Waals surface area contributed by atoms with E-state index in [0.717, 1.165) is 18.4 Å². The van der Waals surface area contributed by atoms with Crippen molar-refractivity contribution in [1.82, 2.24) is 5.32 Å². The summed E-state index contributed by atoms with van der Waals surface area (Å²) in [6, 6.07) is 7.13. The molecule has 0 aliphatic carbocycles. The van der Waals surface area contributed by atoms with Gasteiger partial charge in [-0.1, -0.05) is 37.1 Å². The van der Waals surface area contributed by atoms with Gasteiger partial charge in [-0.05, 0) is 38.0 Å². The molecule has 1 unspecified atom stereocenters. The highest BCUT2D eigenvalue weighted by molar-refractivity contribution is 6.30. The predicted octanol–water partition coefficient (Wildman–Crippen LogP) is 4.09. The summed E-state index contributed by atoms with van der Waals surface area (Å²) in [6.45, 7) is 5.94. The summed E-state index contributed by atoms with van der Waals surface area (Å²) in [6.07, 6.45) is 1.71. The highest BCUT2D eigenvalue weighted by Crippen LogP contribution is 2.39. The molecule has 1 aromatic carbocycles. The van der Waals surface area contributed by atoms with Crippen LogP contribution in [0.1, 0.15) is 45.1 Å². The van der Waals surface area contributed by atoms with Crippen molar-refractivity contribution < 1.29 is 19.1 Å². The molecule has 2 rings (SSSR count). The molecule has 1 aliphatic heterocycles. The van der Waals surface area contributed by atoms with Crippen LogP contribution in [0.4, 0.5) is 0 Å². The number of carbonyl (C=O) groups is 2. The highest BCUT2D eigenvalue weighted by atomic mass is 35.5. The Bertz CT molecular complexity index is 767. The number of halogens is 1. The highest BCUT2D eigenvalue weighted by Gasteiger charge is 2.37. The molecular weight excluding hydrogens is 354 g/mol. The van der Waals surface area contributed by atoms with Crippen LogP contribution in [0.25, 0.3) is 0 Å². The van der Waals surface area contributed by atoms with E-state index in [1.54, 1.807) is 32.0 Å². The van der Waals surface area contributed by atoms with Crippen molar-refractivity contribution in [1.29, 1.82) is 0 Å². The van der Waals surface area contributed by atoms with Gasteiger partial charge in [0.2, 0.25) is 0 Å². The first kappa shape index (κ1) is 20.0. The van der Waals surface area contributed by atoms with Crippen molar-refractivity contribution in [2.75, 3.05) is 13.7 Å². The number of esters is 2. The first-order chi connectivity index (χ1) is 12.4. The van der Waals surface area contributed by atoms with Gasteiger partial charge in [-0.3, -0.25) is 0 Å². The van der Waals surface area contributed by atoms with Crippen LogP contribution in [0, 0.1) is 0 Å². The van der Waals surface area contributed by atoms with Crippen LogP contribution in [-0.4, -0.2) is 25.7 Å². The number of nitrogens with one attached hydrogen (secondary N) is 1. The van der Waals surface area contributed by atoms with E-state index in [4.69, 9.17) is 21.1 Å². The second-order valence-electron chi connectivity index (χ2n) is 6.17. The number of carbonyl (C=O) groups excluding carboxylic acids is 2. The molecule has 0 radical (unpaired) electrons. The van der Waals surface area contributed by atoms with Crippen LogP contribution in [0.5, 0.6) is 0 Å². The lowest BCUT2D eigenvalue weighted by molar-refractivity contribution is -0.139. The van der Waals surface area contributed by atoms with Gasteiger partial charge in [-0.2, -0.15) is 0 Å². The van der Waals surface area contributed by atoms with Crippen molar-refractivity contribution in [2.24, 2.45) is 0 Å². The number of allylic oxidation sites excluding steroid dienone is 2. The van der Waals surface area contributed by atoms with Gasteiger partial charge < -0.3 is 14.8 Å². The molecule has 1 heterocycles. The molecule has 0 amide bonds. The smallest absolute Gasteiger partial charge is 0.336 e. The van der Waals surface area contributed by atoms with E-state index in [2.05, 4.69) is 5.32 Å². The Labute approximate surface area is 159 Å². The average molecular weight is 378 g/mol. The second kappa shape index (κ2) is 8.90. The summed E-state index contributed by atoms with van der Waals surface area (Å²) in [5.41, 5.74) is 2.81. The molecule has 0 aromatic heterocycles. The molecular formula is C20H24ClNO4. The number of benzene rings is 1. The Morgan fingerprint density at radius 1 is 1.15 bits per heavy atom. The van der Waals surface area contributed by atoms with E-state index >= 15 is 0 Å². The van der Waals surface area contributed by atoms with Crippen LogP contribution in [0.15, 0.2) is 46.8 Å². The summed E-state index contributed by atoms with van der Waals surface area (Å²) in [5, 5.41) is 3.63. The molecule has 1 N–H and O–H groups in total. The zero-order valence-corrected chi connectivity index (χ0v) is 16.3. The fraction of sp³-hybridized carbons (Fsp3) is 0.400. The fourth-order valence-corrected chi connectivity index (χ4v) is 3.25. The minimum Gasteiger partial charge on any atom is -0.466 e. The second-order valence-corrected chi connectivity index (χ2v) is 6.61. The van der Waals surface area contributed by atoms with Crippen LogP contribution >= 0.6 is 11.6 Å². The maximum atomic E-state index is 12.8. The first-order valence-corrected chi connectivity index (χ1v) is 8.97. The monoisotopic (exact) mass is 377 g/mol. The average Bonchev–Trinajstić information content (AvgIpc) is 2.60. The van der Waals surface area contributed by atoms with Gasteiger partial charge >= 0.3 is 11.9 Å². The van der Waals surface area contributed by atoms with Crippen molar-refractivity contribution in [3.8, 4) is 0 Å². The fourth-order valence-electron chi connectivity index (χ4n) is 3.05. The number of hydrogen-bond donors (Lipinski definition) is 1. The number of dihydropyridines is 1. The molecule has 0 saturated carbocycles. The summed E-state index contributed by atoms with van der Waals surface area (Å²) in [7, 11) is 1.32. The van der Waals surface area contributed by atoms with Gasteiger partial charge in [0, 0.05) is 16.4 Å². The van der Waals surface area contributed by atoms with E-state index < -0.39 is 17.9 Å². The summed E-state index contributed by atoms with van der Waals surface area (Å²) < 4.78 is 10.4. The quantitative estimate of drug-likeness (QED) is 0.597. The largest absolute Gasteiger partial charge is 0.466 e. The predicted molar refractivity (Wildman–Crippen MR) is 101 cm³/mol. The molecule has 6 heteroatoms. The summed E-state index contributed by atoms with van der Waals surface area (Å²) in [5.74, 6) is -1.54. The Morgan fingerprint density at radius 3 is 2.38 bits per heavy atom. The van der Waals surface area contributed by atoms with Crippen LogP contribution in [0.3, 0.4) is 0 Å². The lowest BCUT2D eigenvalue weighted by atomic mass is 9.80. The van der Waals surface area contributed by atoms with Crippen molar-refractivity contribution in [2.45, 2.75) is 39.5 Å². The minimum absolute atomic E-state index is 0.338. The van der Waals surface area contributed by atoms with Gasteiger partial charge in [0.1, 0.15) is 0 Å². The molecule has 0 fully saturated rings. The Balaban J connectivity index is 2.54. The molecule has 0 saturated heterocycles. The molecule has 1 aliphatic rings. The summed E-state index contributed by atoms with van der Waals surface area (Å²) in [4.78, 5) is 25.2. The molecule has 0 bridgehead atoms. The standard InChI is InChI=1S/C20H24ClNO4/c1-5-6-10-26-20(24)17-13(3)22-12(2)16(19(23)25-4)18(17)14-8-7-9-15(21)11-14/h7-9,11,18,22H,5-6,10H2,1-4H3. The Morgan fingerprint density at radius 2 is 1.81 bits per heavy atom. The van der Waals surface area contributed by atoms with Crippen molar-refractivity contribution >= 4 is 23.5 Å². The topological polar surface area (TPSA) is 64.6 Å². The summed E-state index contributed by atoms with van der Waals surface area (Å²) >= 11 is 6.15. The molecule has 1 aromatic rings. The van der Waals surface area contributed by atoms with Gasteiger partial charge in [-0.15, -0.1) is 0 Å². The molecule has 0 spiro atoms. The van der Waals surface area contributed by atoms with Gasteiger partial charge in [-0.25, -0.2) is 9.59 Å².